The van der Waals surface area contributed by atoms with Crippen molar-refractivity contribution in [3.8, 4) is 95.1 Å². The number of rotatable bonds is 4. The van der Waals surface area contributed by atoms with E-state index in [1.807, 2.05) is 36.4 Å². The molecule has 0 spiro atoms. The summed E-state index contributed by atoms with van der Waals surface area (Å²) >= 11 is 0. The van der Waals surface area contributed by atoms with Crippen LogP contribution in [0.15, 0.2) is 206 Å². The lowest BCUT2D eigenvalue weighted by Gasteiger charge is -2.21. The quantitative estimate of drug-likeness (QED) is 0.128. The molecule has 2 aliphatic rings. The second-order valence-corrected chi connectivity index (χ2v) is 17.6. The van der Waals surface area contributed by atoms with Crippen molar-refractivity contribution >= 4 is 59.5 Å². The molecule has 0 saturated heterocycles. The number of fused-ring (bicyclic) bond motifs is 11. The molecule has 0 heterocycles. The van der Waals surface area contributed by atoms with E-state index in [4.69, 9.17) is 6.57 Å². The first-order valence-corrected chi connectivity index (χ1v) is 22.4. The SMILES string of the molecule is [C-]#[N+]c1ccccc1-c1ccccc1-c1cc2c3cc4c(cc3c(-c3ccccc3-c3ccccc3C#N)cc2c2cc3c(cc12)-c1cccc2cccc-3c12)-c1cccc2cccc-4c12. The van der Waals surface area contributed by atoms with Gasteiger partial charge in [-0.3, -0.25) is 0 Å². The monoisotopic (exact) mass is 830 g/mol. The van der Waals surface area contributed by atoms with Crippen molar-refractivity contribution in [2.75, 3.05) is 0 Å². The summed E-state index contributed by atoms with van der Waals surface area (Å²) in [5, 5.41) is 22.5. The summed E-state index contributed by atoms with van der Waals surface area (Å²) in [4.78, 5) is 4.00. The molecule has 12 aromatic rings. The van der Waals surface area contributed by atoms with Crippen LogP contribution < -0.4 is 0 Å². The molecule has 66 heavy (non-hydrogen) atoms. The summed E-state index contributed by atoms with van der Waals surface area (Å²) in [6, 6.07) is 77.0. The Morgan fingerprint density at radius 2 is 0.606 bits per heavy atom. The van der Waals surface area contributed by atoms with Crippen LogP contribution in [-0.2, 0) is 0 Å². The predicted octanol–water partition coefficient (Wildman–Crippen LogP) is 17.8. The number of nitrogens with zero attached hydrogens (tertiary/aromatic N) is 2. The Morgan fingerprint density at radius 1 is 0.288 bits per heavy atom. The van der Waals surface area contributed by atoms with Crippen molar-refractivity contribution in [3.05, 3.63) is 223 Å². The van der Waals surface area contributed by atoms with E-state index in [2.05, 4.69) is 181 Å². The molecular formula is C64H34N2. The van der Waals surface area contributed by atoms with Gasteiger partial charge in [0.25, 0.3) is 0 Å². The fourth-order valence-corrected chi connectivity index (χ4v) is 11.6. The molecule has 14 rings (SSSR count). The van der Waals surface area contributed by atoms with E-state index in [1.54, 1.807) is 0 Å². The van der Waals surface area contributed by atoms with E-state index in [0.29, 0.717) is 11.3 Å². The minimum atomic E-state index is 0.633. The van der Waals surface area contributed by atoms with Crippen LogP contribution in [0.4, 0.5) is 5.69 Å². The Morgan fingerprint density at radius 3 is 1.05 bits per heavy atom. The molecule has 0 amide bonds. The normalized spacial score (nSPS) is 11.9. The van der Waals surface area contributed by atoms with Crippen molar-refractivity contribution < 1.29 is 0 Å². The predicted molar refractivity (Wildman–Crippen MR) is 276 cm³/mol. The average Bonchev–Trinajstić information content (AvgIpc) is 3.87. The smallest absolute Gasteiger partial charge is 0.194 e. The van der Waals surface area contributed by atoms with Crippen molar-refractivity contribution in [2.45, 2.75) is 0 Å². The maximum atomic E-state index is 10.4. The maximum Gasteiger partial charge on any atom is 0.194 e. The highest BCUT2D eigenvalue weighted by Gasteiger charge is 2.28. The van der Waals surface area contributed by atoms with E-state index in [-0.39, 0.29) is 0 Å². The highest BCUT2D eigenvalue weighted by molar-refractivity contribution is 6.29. The molecule has 0 fully saturated rings. The van der Waals surface area contributed by atoms with Crippen LogP contribution >= 0.6 is 0 Å². The third-order valence-corrected chi connectivity index (χ3v) is 14.4. The number of nitriles is 1. The molecule has 2 aliphatic carbocycles. The molecule has 300 valence electrons. The molecule has 12 aromatic carbocycles. The Balaban J connectivity index is 1.18. The molecule has 0 bridgehead atoms. The first-order valence-electron chi connectivity index (χ1n) is 22.4. The van der Waals surface area contributed by atoms with Crippen LogP contribution in [0, 0.1) is 17.9 Å². The maximum absolute atomic E-state index is 10.4. The van der Waals surface area contributed by atoms with Gasteiger partial charge in [-0.25, -0.2) is 4.85 Å². The number of hydrogen-bond donors (Lipinski definition) is 0. The Labute approximate surface area is 381 Å². The summed E-state index contributed by atoms with van der Waals surface area (Å²) in [6.07, 6.45) is 0. The Hall–Kier alpha value is -9.08. The second-order valence-electron chi connectivity index (χ2n) is 17.6. The lowest BCUT2D eigenvalue weighted by Crippen LogP contribution is -1.94. The number of benzene rings is 12. The van der Waals surface area contributed by atoms with Crippen LogP contribution in [0.1, 0.15) is 5.56 Å². The van der Waals surface area contributed by atoms with E-state index in [9.17, 15) is 5.26 Å². The first kappa shape index (κ1) is 36.4. The minimum Gasteiger partial charge on any atom is -0.238 e. The van der Waals surface area contributed by atoms with Crippen LogP contribution in [0.5, 0.6) is 0 Å². The fourth-order valence-electron chi connectivity index (χ4n) is 11.6. The summed E-state index contributed by atoms with van der Waals surface area (Å²) in [5.41, 5.74) is 19.6. The number of para-hydroxylation sites is 1. The standard InChI is InChI=1S/C64H34N2/c1-66-62-29-9-8-24-45(62)42-21-5-7-23-44(42)51-31-59-58(61-35-55-49-28-13-18-38-16-11-26-47(64(38)49)53(55)33-57(51)61)30-50(43-22-6-4-20-41(43)40-19-3-2-14-39(40)36-65)56-32-52-46-25-10-15-37-17-12-27-48(63(37)46)54(52)34-60(56)59/h2-35H. The van der Waals surface area contributed by atoms with Gasteiger partial charge in [0.1, 0.15) is 0 Å². The van der Waals surface area contributed by atoms with Gasteiger partial charge < -0.3 is 0 Å². The minimum absolute atomic E-state index is 0.633. The average molecular weight is 831 g/mol. The topological polar surface area (TPSA) is 28.1 Å². The van der Waals surface area contributed by atoms with Crippen molar-refractivity contribution in [3.63, 3.8) is 0 Å². The summed E-state index contributed by atoms with van der Waals surface area (Å²) in [5.74, 6) is 0. The van der Waals surface area contributed by atoms with Gasteiger partial charge in [0.15, 0.2) is 5.69 Å². The zero-order valence-corrected chi connectivity index (χ0v) is 35.5. The van der Waals surface area contributed by atoms with E-state index < -0.39 is 0 Å². The van der Waals surface area contributed by atoms with Gasteiger partial charge in [0.05, 0.1) is 18.2 Å². The molecule has 0 unspecified atom stereocenters. The van der Waals surface area contributed by atoms with Gasteiger partial charge in [0.2, 0.25) is 0 Å². The molecule has 0 radical (unpaired) electrons. The van der Waals surface area contributed by atoms with Crippen molar-refractivity contribution in [1.82, 2.24) is 0 Å². The summed E-state index contributed by atoms with van der Waals surface area (Å²) < 4.78 is 0. The van der Waals surface area contributed by atoms with Gasteiger partial charge in [-0.05, 0) is 180 Å². The number of hydrogen-bond acceptors (Lipinski definition) is 1. The zero-order valence-electron chi connectivity index (χ0n) is 35.5. The third kappa shape index (κ3) is 4.99. The molecule has 2 nitrogen and oxygen atoms in total. The lowest BCUT2D eigenvalue weighted by molar-refractivity contribution is 1.48. The van der Waals surface area contributed by atoms with E-state index in [0.717, 1.165) is 55.3 Å². The van der Waals surface area contributed by atoms with Crippen LogP contribution in [0.3, 0.4) is 0 Å². The second kappa shape index (κ2) is 13.7. The van der Waals surface area contributed by atoms with Crippen molar-refractivity contribution in [2.24, 2.45) is 0 Å². The van der Waals surface area contributed by atoms with Gasteiger partial charge in [-0.1, -0.05) is 164 Å². The summed E-state index contributed by atoms with van der Waals surface area (Å²) in [7, 11) is 0. The third-order valence-electron chi connectivity index (χ3n) is 14.4. The van der Waals surface area contributed by atoms with E-state index >= 15 is 0 Å². The molecule has 0 atom stereocenters. The van der Waals surface area contributed by atoms with Gasteiger partial charge >= 0.3 is 0 Å². The summed E-state index contributed by atoms with van der Waals surface area (Å²) in [6.45, 7) is 8.18. The van der Waals surface area contributed by atoms with Crippen LogP contribution in [-0.4, -0.2) is 0 Å². The molecule has 2 heteroatoms. The first-order chi connectivity index (χ1) is 32.7. The van der Waals surface area contributed by atoms with Gasteiger partial charge in [0, 0.05) is 5.56 Å². The molecular weight excluding hydrogens is 797 g/mol. The van der Waals surface area contributed by atoms with Crippen LogP contribution in [0.25, 0.3) is 148 Å². The molecule has 0 saturated carbocycles. The highest BCUT2D eigenvalue weighted by Crippen LogP contribution is 2.55. The molecule has 0 aromatic heterocycles. The lowest BCUT2D eigenvalue weighted by atomic mass is 9.82. The Kier molecular flexibility index (Phi) is 7.56. The largest absolute Gasteiger partial charge is 0.238 e. The van der Waals surface area contributed by atoms with Gasteiger partial charge in [-0.2, -0.15) is 5.26 Å². The van der Waals surface area contributed by atoms with E-state index in [1.165, 1.54) is 87.6 Å². The van der Waals surface area contributed by atoms with Crippen molar-refractivity contribution in [1.29, 1.82) is 5.26 Å². The molecule has 0 N–H and O–H groups in total. The zero-order chi connectivity index (χ0) is 43.6. The van der Waals surface area contributed by atoms with Crippen LogP contribution in [0.2, 0.25) is 0 Å². The molecule has 0 aliphatic heterocycles. The fraction of sp³-hybridized carbons (Fsp3) is 0. The van der Waals surface area contributed by atoms with Gasteiger partial charge in [-0.15, -0.1) is 0 Å². The Bertz CT molecular complexity index is 3970. The highest BCUT2D eigenvalue weighted by atomic mass is 14.6.